The Labute approximate surface area is 173 Å². The van der Waals surface area contributed by atoms with Crippen LogP contribution < -0.4 is 16.0 Å². The fourth-order valence-corrected chi connectivity index (χ4v) is 4.87. The second-order valence-electron chi connectivity index (χ2n) is 7.36. The number of rotatable bonds is 6. The van der Waals surface area contributed by atoms with Crippen molar-refractivity contribution in [3.63, 3.8) is 0 Å². The van der Waals surface area contributed by atoms with E-state index in [1.807, 2.05) is 4.83 Å². The SMILES string of the molecule is Cn1cnc(-c2cc(Cl)c(F)c(C(=O)NNS(=O)(=O)CC3CCC(N)CC3)c2)c1. The van der Waals surface area contributed by atoms with Crippen LogP contribution in [0, 0.1) is 11.7 Å². The van der Waals surface area contributed by atoms with Crippen LogP contribution >= 0.6 is 11.6 Å². The van der Waals surface area contributed by atoms with Crippen LogP contribution in [0.1, 0.15) is 36.0 Å². The monoisotopic (exact) mass is 443 g/mol. The van der Waals surface area contributed by atoms with Gasteiger partial charge in [-0.05, 0) is 43.7 Å². The van der Waals surface area contributed by atoms with E-state index in [0.717, 1.165) is 12.8 Å². The van der Waals surface area contributed by atoms with Crippen molar-refractivity contribution in [3.8, 4) is 11.3 Å². The first-order valence-electron chi connectivity index (χ1n) is 9.17. The predicted octanol–water partition coefficient (Wildman–Crippen LogP) is 1.96. The first-order valence-corrected chi connectivity index (χ1v) is 11.2. The molecule has 4 N–H and O–H groups in total. The quantitative estimate of drug-likeness (QED) is 0.589. The van der Waals surface area contributed by atoms with Crippen molar-refractivity contribution < 1.29 is 17.6 Å². The predicted molar refractivity (Wildman–Crippen MR) is 108 cm³/mol. The van der Waals surface area contributed by atoms with E-state index in [1.54, 1.807) is 24.1 Å². The second-order valence-corrected chi connectivity index (χ2v) is 9.54. The van der Waals surface area contributed by atoms with Crippen LogP contribution in [-0.4, -0.2) is 35.7 Å². The zero-order valence-corrected chi connectivity index (χ0v) is 17.4. The summed E-state index contributed by atoms with van der Waals surface area (Å²) < 4.78 is 40.6. The molecule has 0 unspecified atom stereocenters. The summed E-state index contributed by atoms with van der Waals surface area (Å²) in [5.74, 6) is -2.04. The summed E-state index contributed by atoms with van der Waals surface area (Å²) in [4.78, 5) is 18.6. The standard InChI is InChI=1S/C18H23ClFN5O3S/c1-25-8-16(22-10-25)12-6-14(17(20)15(19)7-12)18(26)23-24-29(27,28)9-11-2-4-13(21)5-3-11/h6-8,10-11,13,24H,2-5,9,21H2,1H3,(H,23,26). The van der Waals surface area contributed by atoms with Crippen molar-refractivity contribution in [2.75, 3.05) is 5.75 Å². The smallest absolute Gasteiger partial charge is 0.269 e. The summed E-state index contributed by atoms with van der Waals surface area (Å²) in [6.45, 7) is 0. The van der Waals surface area contributed by atoms with Crippen LogP contribution in [0.3, 0.4) is 0 Å². The van der Waals surface area contributed by atoms with Gasteiger partial charge in [0.05, 0.1) is 28.4 Å². The van der Waals surface area contributed by atoms with Gasteiger partial charge >= 0.3 is 0 Å². The number of amides is 1. The molecule has 1 amide bonds. The third-order valence-corrected chi connectivity index (χ3v) is 6.54. The van der Waals surface area contributed by atoms with Crippen molar-refractivity contribution in [1.29, 1.82) is 0 Å². The normalized spacial score (nSPS) is 19.9. The van der Waals surface area contributed by atoms with Crippen molar-refractivity contribution >= 4 is 27.5 Å². The Morgan fingerprint density at radius 3 is 2.66 bits per heavy atom. The molecule has 29 heavy (non-hydrogen) atoms. The molecule has 0 radical (unpaired) electrons. The van der Waals surface area contributed by atoms with E-state index in [-0.39, 0.29) is 28.3 Å². The van der Waals surface area contributed by atoms with E-state index in [1.165, 1.54) is 12.1 Å². The highest BCUT2D eigenvalue weighted by Gasteiger charge is 2.25. The molecule has 158 valence electrons. The minimum atomic E-state index is -3.78. The molecule has 1 aromatic carbocycles. The Kier molecular flexibility index (Phi) is 6.57. The largest absolute Gasteiger partial charge is 0.340 e. The maximum Gasteiger partial charge on any atom is 0.269 e. The van der Waals surface area contributed by atoms with Gasteiger partial charge in [-0.2, -0.15) is 0 Å². The number of hydrogen-bond acceptors (Lipinski definition) is 5. The Bertz CT molecular complexity index is 1000. The van der Waals surface area contributed by atoms with Gasteiger partial charge in [0.2, 0.25) is 10.0 Å². The number of halogens is 2. The van der Waals surface area contributed by atoms with Crippen molar-refractivity contribution in [1.82, 2.24) is 19.8 Å². The van der Waals surface area contributed by atoms with E-state index in [2.05, 4.69) is 10.4 Å². The summed E-state index contributed by atoms with van der Waals surface area (Å²) in [5.41, 5.74) is 8.44. The lowest BCUT2D eigenvalue weighted by Crippen LogP contribution is -2.44. The number of carbonyl (C=O) groups is 1. The third-order valence-electron chi connectivity index (χ3n) is 4.94. The fraction of sp³-hybridized carbons (Fsp3) is 0.444. The summed E-state index contributed by atoms with van der Waals surface area (Å²) in [7, 11) is -2.01. The highest BCUT2D eigenvalue weighted by atomic mass is 35.5. The summed E-state index contributed by atoms with van der Waals surface area (Å²) in [6, 6.07) is 2.74. The lowest BCUT2D eigenvalue weighted by atomic mass is 9.88. The van der Waals surface area contributed by atoms with Crippen LogP contribution in [0.2, 0.25) is 5.02 Å². The lowest BCUT2D eigenvalue weighted by Gasteiger charge is -2.25. The zero-order chi connectivity index (χ0) is 21.2. The number of benzene rings is 1. The van der Waals surface area contributed by atoms with Gasteiger partial charge in [-0.3, -0.25) is 10.2 Å². The third kappa shape index (κ3) is 5.53. The molecule has 1 heterocycles. The summed E-state index contributed by atoms with van der Waals surface area (Å²) in [6.07, 6.45) is 6.22. The van der Waals surface area contributed by atoms with Crippen LogP contribution in [0.25, 0.3) is 11.3 Å². The molecular weight excluding hydrogens is 421 g/mol. The Morgan fingerprint density at radius 2 is 2.03 bits per heavy atom. The molecule has 1 saturated carbocycles. The van der Waals surface area contributed by atoms with Gasteiger partial charge < -0.3 is 10.3 Å². The number of hydrazine groups is 1. The molecule has 1 aromatic heterocycles. The van der Waals surface area contributed by atoms with Gasteiger partial charge in [0.15, 0.2) is 5.82 Å². The molecule has 2 aromatic rings. The molecule has 3 rings (SSSR count). The number of hydrogen-bond donors (Lipinski definition) is 3. The topological polar surface area (TPSA) is 119 Å². The number of carbonyl (C=O) groups excluding carboxylic acids is 1. The molecule has 0 atom stereocenters. The molecular formula is C18H23ClFN5O3S. The average Bonchev–Trinajstić information content (AvgIpc) is 3.10. The second kappa shape index (κ2) is 8.78. The number of aromatic nitrogens is 2. The molecule has 8 nitrogen and oxygen atoms in total. The number of nitrogens with zero attached hydrogens (tertiary/aromatic N) is 2. The van der Waals surface area contributed by atoms with Crippen molar-refractivity contribution in [2.45, 2.75) is 31.7 Å². The average molecular weight is 444 g/mol. The van der Waals surface area contributed by atoms with Crippen LogP contribution in [0.15, 0.2) is 24.7 Å². The summed E-state index contributed by atoms with van der Waals surface area (Å²) in [5, 5.41) is -0.264. The first kappa shape index (κ1) is 21.7. The van der Waals surface area contributed by atoms with E-state index in [4.69, 9.17) is 17.3 Å². The summed E-state index contributed by atoms with van der Waals surface area (Å²) >= 11 is 5.91. The Hall–Kier alpha value is -2.01. The maximum absolute atomic E-state index is 14.4. The van der Waals surface area contributed by atoms with E-state index < -0.39 is 21.7 Å². The highest BCUT2D eigenvalue weighted by Crippen LogP contribution is 2.27. The van der Waals surface area contributed by atoms with Gasteiger partial charge in [0, 0.05) is 24.8 Å². The van der Waals surface area contributed by atoms with Gasteiger partial charge in [-0.25, -0.2) is 17.8 Å². The van der Waals surface area contributed by atoms with Crippen molar-refractivity contribution in [3.05, 3.63) is 41.1 Å². The zero-order valence-electron chi connectivity index (χ0n) is 15.9. The van der Waals surface area contributed by atoms with E-state index in [0.29, 0.717) is 24.1 Å². The fourth-order valence-electron chi connectivity index (χ4n) is 3.36. The van der Waals surface area contributed by atoms with Crippen LogP contribution in [0.4, 0.5) is 4.39 Å². The first-order chi connectivity index (χ1) is 13.6. The highest BCUT2D eigenvalue weighted by molar-refractivity contribution is 7.89. The van der Waals surface area contributed by atoms with Gasteiger partial charge in [0.25, 0.3) is 5.91 Å². The Morgan fingerprint density at radius 1 is 1.34 bits per heavy atom. The molecule has 1 fully saturated rings. The molecule has 0 saturated heterocycles. The Balaban J connectivity index is 1.69. The maximum atomic E-state index is 14.4. The van der Waals surface area contributed by atoms with Crippen LogP contribution in [-0.2, 0) is 17.1 Å². The van der Waals surface area contributed by atoms with Gasteiger partial charge in [-0.1, -0.05) is 11.6 Å². The molecule has 0 spiro atoms. The lowest BCUT2D eigenvalue weighted by molar-refractivity contribution is 0.0941. The number of sulfonamides is 1. The molecule has 0 bridgehead atoms. The number of nitrogens with one attached hydrogen (secondary N) is 2. The van der Waals surface area contributed by atoms with Gasteiger partial charge in [0.1, 0.15) is 0 Å². The molecule has 0 aliphatic heterocycles. The molecule has 11 heteroatoms. The number of imidazole rings is 1. The number of nitrogens with two attached hydrogens (primary N) is 1. The number of aryl methyl sites for hydroxylation is 1. The molecule has 1 aliphatic carbocycles. The van der Waals surface area contributed by atoms with Crippen molar-refractivity contribution in [2.24, 2.45) is 18.7 Å². The van der Waals surface area contributed by atoms with Crippen LogP contribution in [0.5, 0.6) is 0 Å². The van der Waals surface area contributed by atoms with Gasteiger partial charge in [-0.15, -0.1) is 4.83 Å². The minimum Gasteiger partial charge on any atom is -0.340 e. The minimum absolute atomic E-state index is 0.0251. The van der Waals surface area contributed by atoms with E-state index in [9.17, 15) is 17.6 Å². The van der Waals surface area contributed by atoms with E-state index >= 15 is 0 Å². The molecule has 1 aliphatic rings.